The number of benzene rings is 1. The first-order chi connectivity index (χ1) is 11.1. The van der Waals surface area contributed by atoms with Crippen LogP contribution in [0.1, 0.15) is 43.7 Å². The van der Waals surface area contributed by atoms with Gasteiger partial charge >= 0.3 is 11.9 Å². The van der Waals surface area contributed by atoms with Gasteiger partial charge < -0.3 is 19.8 Å². The van der Waals surface area contributed by atoms with Crippen LogP contribution in [0.4, 0.5) is 0 Å². The lowest BCUT2D eigenvalue weighted by Gasteiger charge is -2.15. The normalized spacial score (nSPS) is 10.3. The van der Waals surface area contributed by atoms with E-state index in [1.54, 1.807) is 0 Å². The second-order valence-corrected chi connectivity index (χ2v) is 6.17. The minimum Gasteiger partial charge on any atom is -0.493 e. The number of hydrogen-bond acceptors (Lipinski definition) is 4. The van der Waals surface area contributed by atoms with E-state index in [4.69, 9.17) is 24.5 Å². The van der Waals surface area contributed by atoms with E-state index in [1.165, 1.54) is 17.5 Å². The molecule has 1 rings (SSSR count). The van der Waals surface area contributed by atoms with Gasteiger partial charge in [0, 0.05) is 0 Å². The van der Waals surface area contributed by atoms with Crippen LogP contribution in [0.15, 0.2) is 18.2 Å². The van der Waals surface area contributed by atoms with Crippen LogP contribution >= 0.6 is 0 Å². The molecule has 0 aliphatic heterocycles. The number of ether oxygens (including phenoxy) is 1. The van der Waals surface area contributed by atoms with Gasteiger partial charge in [-0.2, -0.15) is 0 Å². The van der Waals surface area contributed by atoms with E-state index >= 15 is 0 Å². The summed E-state index contributed by atoms with van der Waals surface area (Å²) < 4.78 is 5.94. The van der Waals surface area contributed by atoms with Crippen LogP contribution in [0.5, 0.6) is 5.75 Å². The molecule has 0 amide bonds. The maximum Gasteiger partial charge on any atom is 0.414 e. The third-order valence-electron chi connectivity index (χ3n) is 3.23. The minimum atomic E-state index is -1.82. The lowest BCUT2D eigenvalue weighted by molar-refractivity contribution is -0.159. The Kier molecular flexibility index (Phi) is 10.5. The van der Waals surface area contributed by atoms with Crippen molar-refractivity contribution in [3.8, 4) is 5.75 Å². The topological polar surface area (TPSA) is 87.1 Å². The van der Waals surface area contributed by atoms with Crippen molar-refractivity contribution < 1.29 is 24.5 Å². The summed E-state index contributed by atoms with van der Waals surface area (Å²) in [6.07, 6.45) is 2.31. The highest BCUT2D eigenvalue weighted by Gasteiger charge is 2.07. The summed E-state index contributed by atoms with van der Waals surface area (Å²) in [5.41, 5.74) is 2.58. The molecular formula is C18H29NO5. The molecule has 0 radical (unpaired) electrons. The first-order valence-corrected chi connectivity index (χ1v) is 7.99. The average molecular weight is 339 g/mol. The maximum atomic E-state index is 9.10. The van der Waals surface area contributed by atoms with Crippen molar-refractivity contribution in [3.05, 3.63) is 29.3 Å². The number of carboxylic acid groups (broad SMARTS) is 2. The van der Waals surface area contributed by atoms with E-state index in [1.807, 2.05) is 0 Å². The predicted octanol–water partition coefficient (Wildman–Crippen LogP) is 2.99. The standard InChI is InChI=1S/C16H27NO.C2H2O4/c1-13(2)15-9-8-14(3)12-16(15)18-11-7-6-10-17(4)5;3-1(4)2(5)6/h8-9,12-13H,6-7,10-11H2,1-5H3;(H,3,4)(H,5,6). The molecule has 6 heteroatoms. The fourth-order valence-electron chi connectivity index (χ4n) is 1.96. The second kappa shape index (κ2) is 11.5. The van der Waals surface area contributed by atoms with E-state index in [0.717, 1.165) is 25.3 Å². The van der Waals surface area contributed by atoms with E-state index in [-0.39, 0.29) is 0 Å². The highest BCUT2D eigenvalue weighted by atomic mass is 16.5. The SMILES string of the molecule is Cc1ccc(C(C)C)c(OCCCCN(C)C)c1.O=C(O)C(=O)O. The Morgan fingerprint density at radius 2 is 1.71 bits per heavy atom. The summed E-state index contributed by atoms with van der Waals surface area (Å²) in [5, 5.41) is 14.8. The lowest BCUT2D eigenvalue weighted by Crippen LogP contribution is -2.13. The fraction of sp³-hybridized carbons (Fsp3) is 0.556. The molecule has 0 aliphatic rings. The number of carboxylic acids is 2. The number of aryl methyl sites for hydroxylation is 1. The number of unbranched alkanes of at least 4 members (excludes halogenated alkanes) is 1. The zero-order valence-electron chi connectivity index (χ0n) is 15.2. The second-order valence-electron chi connectivity index (χ2n) is 6.17. The summed E-state index contributed by atoms with van der Waals surface area (Å²) in [5.74, 6) is -2.07. The molecule has 0 saturated carbocycles. The molecule has 6 nitrogen and oxygen atoms in total. The zero-order chi connectivity index (χ0) is 18.7. The van der Waals surface area contributed by atoms with Crippen molar-refractivity contribution >= 4 is 11.9 Å². The molecule has 0 unspecified atom stereocenters. The Morgan fingerprint density at radius 1 is 1.12 bits per heavy atom. The summed E-state index contributed by atoms with van der Waals surface area (Å²) in [6, 6.07) is 6.50. The quantitative estimate of drug-likeness (QED) is 0.586. The highest BCUT2D eigenvalue weighted by Crippen LogP contribution is 2.27. The molecule has 136 valence electrons. The predicted molar refractivity (Wildman–Crippen MR) is 93.8 cm³/mol. The summed E-state index contributed by atoms with van der Waals surface area (Å²) in [6.45, 7) is 8.49. The molecule has 0 saturated heterocycles. The summed E-state index contributed by atoms with van der Waals surface area (Å²) >= 11 is 0. The number of hydrogen-bond donors (Lipinski definition) is 2. The van der Waals surface area contributed by atoms with Crippen LogP contribution in [-0.2, 0) is 9.59 Å². The van der Waals surface area contributed by atoms with Gasteiger partial charge in [-0.25, -0.2) is 9.59 Å². The smallest absolute Gasteiger partial charge is 0.414 e. The molecule has 1 aromatic rings. The number of rotatable bonds is 7. The Balaban J connectivity index is 0.000000754. The Morgan fingerprint density at radius 3 is 2.17 bits per heavy atom. The Labute approximate surface area is 144 Å². The minimum absolute atomic E-state index is 0.516. The first kappa shape index (κ1) is 21.9. The van der Waals surface area contributed by atoms with Gasteiger partial charge in [0.05, 0.1) is 6.61 Å². The Bertz CT molecular complexity index is 514. The van der Waals surface area contributed by atoms with Gasteiger partial charge in [-0.15, -0.1) is 0 Å². The zero-order valence-corrected chi connectivity index (χ0v) is 15.2. The van der Waals surface area contributed by atoms with Crippen molar-refractivity contribution in [2.45, 2.75) is 39.5 Å². The van der Waals surface area contributed by atoms with Crippen LogP contribution in [0.2, 0.25) is 0 Å². The monoisotopic (exact) mass is 339 g/mol. The summed E-state index contributed by atoms with van der Waals surface area (Å²) in [4.78, 5) is 20.4. The van der Waals surface area contributed by atoms with Crippen molar-refractivity contribution in [1.29, 1.82) is 0 Å². The molecule has 0 aliphatic carbocycles. The highest BCUT2D eigenvalue weighted by molar-refractivity contribution is 6.27. The van der Waals surface area contributed by atoms with Crippen LogP contribution in [0.25, 0.3) is 0 Å². The molecule has 0 fully saturated rings. The van der Waals surface area contributed by atoms with E-state index in [2.05, 4.69) is 58.0 Å². The molecule has 1 aromatic carbocycles. The van der Waals surface area contributed by atoms with Gasteiger partial charge in [0.2, 0.25) is 0 Å². The molecule has 24 heavy (non-hydrogen) atoms. The van der Waals surface area contributed by atoms with Crippen LogP contribution in [0.3, 0.4) is 0 Å². The molecule has 0 bridgehead atoms. The number of nitrogens with zero attached hydrogens (tertiary/aromatic N) is 1. The number of aliphatic carboxylic acids is 2. The van der Waals surface area contributed by atoms with Crippen LogP contribution in [-0.4, -0.2) is 54.3 Å². The summed E-state index contributed by atoms with van der Waals surface area (Å²) in [7, 11) is 4.22. The van der Waals surface area contributed by atoms with Gasteiger partial charge in [-0.05, 0) is 63.5 Å². The molecule has 0 spiro atoms. The third-order valence-corrected chi connectivity index (χ3v) is 3.23. The first-order valence-electron chi connectivity index (χ1n) is 7.99. The van der Waals surface area contributed by atoms with E-state index < -0.39 is 11.9 Å². The molecule has 0 heterocycles. The van der Waals surface area contributed by atoms with Crippen molar-refractivity contribution in [2.75, 3.05) is 27.2 Å². The molecule has 2 N–H and O–H groups in total. The van der Waals surface area contributed by atoms with Crippen molar-refractivity contribution in [2.24, 2.45) is 0 Å². The lowest BCUT2D eigenvalue weighted by atomic mass is 10.0. The van der Waals surface area contributed by atoms with Crippen molar-refractivity contribution in [3.63, 3.8) is 0 Å². The van der Waals surface area contributed by atoms with Gasteiger partial charge in [-0.3, -0.25) is 0 Å². The number of carbonyl (C=O) groups is 2. The molecule has 0 atom stereocenters. The van der Waals surface area contributed by atoms with Crippen LogP contribution in [0, 0.1) is 6.92 Å². The van der Waals surface area contributed by atoms with Gasteiger partial charge in [0.25, 0.3) is 0 Å². The molecular weight excluding hydrogens is 310 g/mol. The van der Waals surface area contributed by atoms with Gasteiger partial charge in [0.15, 0.2) is 0 Å². The maximum absolute atomic E-state index is 9.10. The van der Waals surface area contributed by atoms with Gasteiger partial charge in [-0.1, -0.05) is 26.0 Å². The van der Waals surface area contributed by atoms with E-state index in [9.17, 15) is 0 Å². The third kappa shape index (κ3) is 9.84. The largest absolute Gasteiger partial charge is 0.493 e. The Hall–Kier alpha value is -2.08. The average Bonchev–Trinajstić information content (AvgIpc) is 2.46. The van der Waals surface area contributed by atoms with Gasteiger partial charge in [0.1, 0.15) is 5.75 Å². The molecule has 0 aromatic heterocycles. The van der Waals surface area contributed by atoms with Crippen LogP contribution < -0.4 is 4.74 Å². The van der Waals surface area contributed by atoms with E-state index in [0.29, 0.717) is 5.92 Å². The van der Waals surface area contributed by atoms with Crippen molar-refractivity contribution in [1.82, 2.24) is 4.90 Å². The fourth-order valence-corrected chi connectivity index (χ4v) is 1.96.